The Hall–Kier alpha value is -4.51. The molecule has 4 aromatic rings. The summed E-state index contributed by atoms with van der Waals surface area (Å²) >= 11 is 0. The summed E-state index contributed by atoms with van der Waals surface area (Å²) in [6.45, 7) is 1.67. The molecule has 0 radical (unpaired) electrons. The van der Waals surface area contributed by atoms with Gasteiger partial charge < -0.3 is 19.9 Å². The van der Waals surface area contributed by atoms with Crippen molar-refractivity contribution >= 4 is 50.2 Å². The molecule has 0 fully saturated rings. The molecule has 0 atom stereocenters. The summed E-state index contributed by atoms with van der Waals surface area (Å²) in [4.78, 5) is 36.6. The molecule has 194 valence electrons. The number of aromatic amines is 1. The fourth-order valence-electron chi connectivity index (χ4n) is 3.02. The molecule has 0 spiro atoms. The lowest BCUT2D eigenvalue weighted by molar-refractivity contribution is -0.203. The smallest absolute Gasteiger partial charge is 0.408 e. The molecule has 37 heavy (non-hydrogen) atoms. The highest BCUT2D eigenvalue weighted by Gasteiger charge is 2.42. The molecular weight excluding hydrogens is 528 g/mol. The third kappa shape index (κ3) is 5.84. The molecule has 0 aliphatic heterocycles. The van der Waals surface area contributed by atoms with E-state index in [4.69, 9.17) is 4.42 Å². The number of nitrogens with zero attached hydrogens (tertiary/aromatic N) is 2. The molecule has 4 N–H and O–H groups in total. The predicted molar refractivity (Wildman–Crippen MR) is 119 cm³/mol. The lowest BCUT2D eigenvalue weighted by Gasteiger charge is -2.11. The van der Waals surface area contributed by atoms with E-state index in [-0.39, 0.29) is 17.5 Å². The summed E-state index contributed by atoms with van der Waals surface area (Å²) in [5.74, 6) is -4.70. The van der Waals surface area contributed by atoms with Crippen molar-refractivity contribution in [2.75, 3.05) is 10.6 Å². The van der Waals surface area contributed by atoms with Gasteiger partial charge >= 0.3 is 17.9 Å². The van der Waals surface area contributed by atoms with E-state index in [0.717, 1.165) is 23.2 Å². The van der Waals surface area contributed by atoms with Gasteiger partial charge in [0.15, 0.2) is 17.2 Å². The van der Waals surface area contributed by atoms with E-state index in [0.29, 0.717) is 22.4 Å². The molecule has 0 saturated carbocycles. The quantitative estimate of drug-likeness (QED) is 0.201. The summed E-state index contributed by atoms with van der Waals surface area (Å²) in [5.41, 5.74) is 1.69. The molecule has 0 aliphatic rings. The highest BCUT2D eigenvalue weighted by Crippen LogP contribution is 2.26. The first-order valence-electron chi connectivity index (χ1n) is 9.92. The number of aryl methyl sites for hydroxylation is 1. The molecule has 0 saturated heterocycles. The Balaban J connectivity index is 1.53. The third-order valence-electron chi connectivity index (χ3n) is 4.59. The monoisotopic (exact) mass is 542 g/mol. The van der Waals surface area contributed by atoms with E-state index >= 15 is 0 Å². The molecule has 0 aliphatic carbocycles. The maximum Gasteiger partial charge on any atom is 0.492 e. The second kappa shape index (κ2) is 9.51. The number of H-pyrrole nitrogens is 1. The van der Waals surface area contributed by atoms with Gasteiger partial charge in [-0.15, -0.1) is 0 Å². The average molecular weight is 542 g/mol. The molecular formula is C20H14F4N6O6S. The molecule has 2 aromatic heterocycles. The molecule has 17 heteroatoms. The van der Waals surface area contributed by atoms with Crippen molar-refractivity contribution in [3.63, 3.8) is 0 Å². The van der Waals surface area contributed by atoms with Crippen LogP contribution in [0.1, 0.15) is 5.56 Å². The number of aromatic nitrogens is 3. The van der Waals surface area contributed by atoms with E-state index in [2.05, 4.69) is 30.4 Å². The van der Waals surface area contributed by atoms with Crippen LogP contribution in [0.3, 0.4) is 0 Å². The number of hydrogen-bond acceptors (Lipinski definition) is 10. The van der Waals surface area contributed by atoms with Crippen LogP contribution in [-0.4, -0.2) is 35.5 Å². The summed E-state index contributed by atoms with van der Waals surface area (Å²) in [7, 11) is -4.69. The molecule has 4 rings (SSSR count). The predicted octanol–water partition coefficient (Wildman–Crippen LogP) is 3.14. The van der Waals surface area contributed by atoms with Gasteiger partial charge in [0, 0.05) is 11.4 Å². The van der Waals surface area contributed by atoms with Crippen LogP contribution in [0.25, 0.3) is 11.1 Å². The lowest BCUT2D eigenvalue weighted by Crippen LogP contribution is -2.34. The van der Waals surface area contributed by atoms with Crippen LogP contribution in [0.4, 0.5) is 40.7 Å². The van der Waals surface area contributed by atoms with Gasteiger partial charge in [-0.2, -0.15) is 18.2 Å². The van der Waals surface area contributed by atoms with Crippen molar-refractivity contribution < 1.29 is 40.0 Å². The highest BCUT2D eigenvalue weighted by atomic mass is 32.2. The number of halogens is 4. The minimum atomic E-state index is -5.40. The summed E-state index contributed by atoms with van der Waals surface area (Å²) in [6.07, 6.45) is -4.57. The van der Waals surface area contributed by atoms with Crippen molar-refractivity contribution in [3.8, 4) is 0 Å². The first-order chi connectivity index (χ1) is 17.3. The summed E-state index contributed by atoms with van der Waals surface area (Å²) in [6, 6.07) is 7.68. The number of nitrogens with one attached hydrogen (secondary N) is 4. The fraction of sp³-hybridized carbons (Fsp3) is 0.100. The average Bonchev–Trinajstić information content (AvgIpc) is 3.20. The Morgan fingerprint density at radius 2 is 1.89 bits per heavy atom. The third-order valence-corrected chi connectivity index (χ3v) is 5.77. The maximum atomic E-state index is 14.4. The normalized spacial score (nSPS) is 11.9. The Bertz CT molecular complexity index is 1670. The summed E-state index contributed by atoms with van der Waals surface area (Å²) in [5, 5.41) is 5.37. The van der Waals surface area contributed by atoms with Crippen LogP contribution in [0.15, 0.2) is 56.7 Å². The second-order valence-electron chi connectivity index (χ2n) is 7.33. The van der Waals surface area contributed by atoms with Crippen molar-refractivity contribution in [1.29, 1.82) is 0 Å². The van der Waals surface area contributed by atoms with Crippen LogP contribution in [0, 0.1) is 12.7 Å². The number of alkyl halides is 3. The maximum absolute atomic E-state index is 14.4. The SMILES string of the molecule is Cc1cc(Nc2nc(Nc3cccc(S(=O)(=O)NOC(=O)C(F)(F)F)c3)ncc2F)cc2[nH]c(=O)oc12. The molecule has 0 bridgehead atoms. The van der Waals surface area contributed by atoms with Crippen LogP contribution >= 0.6 is 0 Å². The largest absolute Gasteiger partial charge is 0.492 e. The first kappa shape index (κ1) is 25.6. The van der Waals surface area contributed by atoms with Gasteiger partial charge in [-0.25, -0.2) is 27.4 Å². The van der Waals surface area contributed by atoms with E-state index in [1.807, 2.05) is 0 Å². The zero-order valence-electron chi connectivity index (χ0n) is 18.3. The summed E-state index contributed by atoms with van der Waals surface area (Å²) < 4.78 is 80.5. The van der Waals surface area contributed by atoms with Gasteiger partial charge in [-0.1, -0.05) is 6.07 Å². The van der Waals surface area contributed by atoms with Crippen LogP contribution in [-0.2, 0) is 19.7 Å². The van der Waals surface area contributed by atoms with Crippen molar-refractivity contribution in [2.24, 2.45) is 0 Å². The van der Waals surface area contributed by atoms with Crippen LogP contribution in [0.5, 0.6) is 0 Å². The number of benzene rings is 2. The Kier molecular flexibility index (Phi) is 6.57. The van der Waals surface area contributed by atoms with Crippen molar-refractivity contribution in [3.05, 3.63) is 64.5 Å². The molecule has 2 heterocycles. The Labute approximate surface area is 203 Å². The van der Waals surface area contributed by atoms with Gasteiger partial charge in [-0.3, -0.25) is 4.98 Å². The van der Waals surface area contributed by atoms with Gasteiger partial charge in [0.05, 0.1) is 16.6 Å². The number of carbonyl (C=O) groups excluding carboxylic acids is 1. The number of rotatable bonds is 7. The minimum absolute atomic E-state index is 0.0517. The number of carbonyl (C=O) groups is 1. The van der Waals surface area contributed by atoms with Gasteiger partial charge in [-0.05, 0) is 47.7 Å². The van der Waals surface area contributed by atoms with E-state index in [1.165, 1.54) is 18.2 Å². The second-order valence-corrected chi connectivity index (χ2v) is 8.97. The standard InChI is InChI=1S/C20H14F4N6O6S/c1-9-5-11(7-14-15(9)35-19(32)28-14)26-16-13(21)8-25-18(29-16)27-10-3-2-4-12(6-10)37(33,34)30-36-17(31)20(22,23)24/h2-8,30H,1H3,(H,28,32)(H2,25,26,27,29). The lowest BCUT2D eigenvalue weighted by atomic mass is 10.2. The number of hydrogen-bond donors (Lipinski definition) is 4. The topological polar surface area (TPSA) is 168 Å². The van der Waals surface area contributed by atoms with Crippen LogP contribution < -0.4 is 21.3 Å². The van der Waals surface area contributed by atoms with Gasteiger partial charge in [0.1, 0.15) is 0 Å². The fourth-order valence-corrected chi connectivity index (χ4v) is 3.84. The van der Waals surface area contributed by atoms with Gasteiger partial charge in [0.25, 0.3) is 10.0 Å². The van der Waals surface area contributed by atoms with Crippen molar-refractivity contribution in [2.45, 2.75) is 18.0 Å². The molecule has 12 nitrogen and oxygen atoms in total. The van der Waals surface area contributed by atoms with E-state index in [9.17, 15) is 35.6 Å². The van der Waals surface area contributed by atoms with E-state index in [1.54, 1.807) is 13.0 Å². The Morgan fingerprint density at radius 1 is 1.14 bits per heavy atom. The van der Waals surface area contributed by atoms with Crippen molar-refractivity contribution in [1.82, 2.24) is 19.8 Å². The zero-order chi connectivity index (χ0) is 27.0. The Morgan fingerprint density at radius 3 is 2.62 bits per heavy atom. The first-order valence-corrected chi connectivity index (χ1v) is 11.4. The van der Waals surface area contributed by atoms with Gasteiger partial charge in [0.2, 0.25) is 5.95 Å². The molecule has 0 amide bonds. The van der Waals surface area contributed by atoms with E-state index < -0.39 is 38.6 Å². The van der Waals surface area contributed by atoms with Crippen LogP contribution in [0.2, 0.25) is 0 Å². The number of oxazole rings is 1. The number of anilines is 4. The zero-order valence-corrected chi connectivity index (χ0v) is 19.1. The molecule has 2 aromatic carbocycles. The highest BCUT2D eigenvalue weighted by molar-refractivity contribution is 7.89. The minimum Gasteiger partial charge on any atom is -0.408 e. The molecule has 0 unspecified atom stereocenters. The number of sulfonamides is 1. The number of fused-ring (bicyclic) bond motifs is 1.